The quantitative estimate of drug-likeness (QED) is 0.785. The third-order valence-electron chi connectivity index (χ3n) is 3.64. The molecule has 1 aliphatic rings. The molecule has 1 fully saturated rings. The molecule has 4 heterocycles. The van der Waals surface area contributed by atoms with Crippen LogP contribution in [0.25, 0.3) is 20.9 Å². The lowest BCUT2D eigenvalue weighted by atomic mass is 10.2. The van der Waals surface area contributed by atoms with E-state index in [1.165, 1.54) is 22.7 Å². The summed E-state index contributed by atoms with van der Waals surface area (Å²) in [5, 5.41) is 12.3. The average Bonchev–Trinajstić information content (AvgIpc) is 3.23. The van der Waals surface area contributed by atoms with Crippen LogP contribution in [0.5, 0.6) is 0 Å². The molecule has 0 amide bonds. The minimum absolute atomic E-state index is 0.260. The Morgan fingerprint density at radius 2 is 2.13 bits per heavy atom. The summed E-state index contributed by atoms with van der Waals surface area (Å²) in [7, 11) is 0. The fourth-order valence-electron chi connectivity index (χ4n) is 2.50. The maximum atomic E-state index is 11.6. The Kier molecular flexibility index (Phi) is 3.72. The normalized spacial score (nSPS) is 15.2. The van der Waals surface area contributed by atoms with Gasteiger partial charge in [0.15, 0.2) is 10.8 Å². The van der Waals surface area contributed by atoms with Crippen LogP contribution < -0.4 is 4.90 Å². The summed E-state index contributed by atoms with van der Waals surface area (Å²) < 4.78 is 5.98. The number of rotatable bonds is 3. The Balaban J connectivity index is 1.85. The standard InChI is InChI=1S/C15H13N3O3S2/c19-14(20)9-8-10(11-2-1-7-22-11)16-13-12(9)23-15(17-13)18-3-5-21-6-4-18/h1-2,7-8H,3-6H2,(H,19,20). The van der Waals surface area contributed by atoms with Crippen molar-refractivity contribution in [2.45, 2.75) is 0 Å². The largest absolute Gasteiger partial charge is 0.478 e. The molecule has 1 N–H and O–H groups in total. The molecule has 0 bridgehead atoms. The molecule has 0 radical (unpaired) electrons. The van der Waals surface area contributed by atoms with Gasteiger partial charge in [0.25, 0.3) is 0 Å². The molecule has 1 saturated heterocycles. The number of carboxylic acids is 1. The Bertz CT molecular complexity index is 854. The maximum absolute atomic E-state index is 11.6. The topological polar surface area (TPSA) is 75.5 Å². The van der Waals surface area contributed by atoms with Crippen molar-refractivity contribution in [2.24, 2.45) is 0 Å². The number of hydrogen-bond donors (Lipinski definition) is 1. The molecule has 8 heteroatoms. The second-order valence-corrected chi connectivity index (χ2v) is 7.01. The lowest BCUT2D eigenvalue weighted by molar-refractivity contribution is 0.0699. The highest BCUT2D eigenvalue weighted by atomic mass is 32.1. The first-order valence-corrected chi connectivity index (χ1v) is 8.83. The Morgan fingerprint density at radius 3 is 2.83 bits per heavy atom. The number of aromatic carboxylic acids is 1. The van der Waals surface area contributed by atoms with Crippen LogP contribution in [-0.2, 0) is 4.74 Å². The SMILES string of the molecule is O=C(O)c1cc(-c2cccs2)nc2nc(N3CCOCC3)sc12. The summed E-state index contributed by atoms with van der Waals surface area (Å²) in [5.74, 6) is -0.951. The lowest BCUT2D eigenvalue weighted by Gasteiger charge is -2.25. The molecule has 0 atom stereocenters. The molecule has 3 aromatic heterocycles. The van der Waals surface area contributed by atoms with Crippen LogP contribution in [0, 0.1) is 0 Å². The van der Waals surface area contributed by atoms with Crippen molar-refractivity contribution < 1.29 is 14.6 Å². The summed E-state index contributed by atoms with van der Waals surface area (Å²) in [6.45, 7) is 2.85. The zero-order chi connectivity index (χ0) is 15.8. The van der Waals surface area contributed by atoms with Gasteiger partial charge in [-0.2, -0.15) is 4.98 Å². The van der Waals surface area contributed by atoms with Gasteiger partial charge in [-0.25, -0.2) is 9.78 Å². The zero-order valence-electron chi connectivity index (χ0n) is 12.1. The number of fused-ring (bicyclic) bond motifs is 1. The van der Waals surface area contributed by atoms with E-state index < -0.39 is 5.97 Å². The number of anilines is 1. The van der Waals surface area contributed by atoms with Gasteiger partial charge in [0.1, 0.15) is 0 Å². The molecule has 0 spiro atoms. The molecule has 0 aliphatic carbocycles. The highest BCUT2D eigenvalue weighted by Crippen LogP contribution is 2.34. The van der Waals surface area contributed by atoms with E-state index >= 15 is 0 Å². The molecule has 4 rings (SSSR count). The van der Waals surface area contributed by atoms with Gasteiger partial charge in [0.05, 0.1) is 34.0 Å². The third kappa shape index (κ3) is 2.69. The molecule has 0 unspecified atom stereocenters. The number of pyridine rings is 1. The number of ether oxygens (including phenoxy) is 1. The molecule has 3 aromatic rings. The van der Waals surface area contributed by atoms with Gasteiger partial charge in [-0.3, -0.25) is 0 Å². The summed E-state index contributed by atoms with van der Waals surface area (Å²) in [6, 6.07) is 5.49. The first kappa shape index (κ1) is 14.6. The number of hydrogen-bond acceptors (Lipinski definition) is 7. The van der Waals surface area contributed by atoms with Crippen LogP contribution in [-0.4, -0.2) is 47.3 Å². The number of thiophene rings is 1. The fraction of sp³-hybridized carbons (Fsp3) is 0.267. The van der Waals surface area contributed by atoms with Crippen LogP contribution in [0.4, 0.5) is 5.13 Å². The van der Waals surface area contributed by atoms with Crippen LogP contribution in [0.15, 0.2) is 23.6 Å². The van der Waals surface area contributed by atoms with Crippen molar-refractivity contribution in [2.75, 3.05) is 31.2 Å². The second kappa shape index (κ2) is 5.88. The first-order valence-electron chi connectivity index (χ1n) is 7.14. The van der Waals surface area contributed by atoms with Gasteiger partial charge in [0, 0.05) is 13.1 Å². The van der Waals surface area contributed by atoms with E-state index in [0.29, 0.717) is 29.3 Å². The van der Waals surface area contributed by atoms with Crippen molar-refractivity contribution >= 4 is 44.1 Å². The summed E-state index contributed by atoms with van der Waals surface area (Å²) in [6.07, 6.45) is 0. The zero-order valence-corrected chi connectivity index (χ0v) is 13.7. The molecule has 6 nitrogen and oxygen atoms in total. The summed E-state index contributed by atoms with van der Waals surface area (Å²) in [4.78, 5) is 23.8. The monoisotopic (exact) mass is 347 g/mol. The number of aromatic nitrogens is 2. The van der Waals surface area contributed by atoms with Gasteiger partial charge in [-0.15, -0.1) is 11.3 Å². The molecule has 1 aliphatic heterocycles. The number of thiazole rings is 1. The predicted molar refractivity (Wildman–Crippen MR) is 90.7 cm³/mol. The predicted octanol–water partition coefficient (Wildman–Crippen LogP) is 2.95. The van der Waals surface area contributed by atoms with Crippen molar-refractivity contribution in [3.05, 3.63) is 29.1 Å². The van der Waals surface area contributed by atoms with Crippen LogP contribution >= 0.6 is 22.7 Å². The minimum atomic E-state index is -0.951. The number of morpholine rings is 1. The molecule has 0 aromatic carbocycles. The number of carboxylic acid groups (broad SMARTS) is 1. The van der Waals surface area contributed by atoms with Gasteiger partial charge in [-0.05, 0) is 17.5 Å². The van der Waals surface area contributed by atoms with Gasteiger partial charge in [0.2, 0.25) is 0 Å². The summed E-state index contributed by atoms with van der Waals surface area (Å²) >= 11 is 2.92. The van der Waals surface area contributed by atoms with Crippen LogP contribution in [0.2, 0.25) is 0 Å². The molecule has 0 saturated carbocycles. The first-order chi connectivity index (χ1) is 11.2. The van der Waals surface area contributed by atoms with Gasteiger partial charge < -0.3 is 14.7 Å². The minimum Gasteiger partial charge on any atom is -0.478 e. The van der Waals surface area contributed by atoms with Crippen molar-refractivity contribution in [1.82, 2.24) is 9.97 Å². The fourth-order valence-corrected chi connectivity index (χ4v) is 4.25. The summed E-state index contributed by atoms with van der Waals surface area (Å²) in [5.41, 5.74) is 1.42. The Morgan fingerprint density at radius 1 is 1.30 bits per heavy atom. The van der Waals surface area contributed by atoms with E-state index in [4.69, 9.17) is 4.74 Å². The van der Waals surface area contributed by atoms with E-state index in [2.05, 4.69) is 14.9 Å². The smallest absolute Gasteiger partial charge is 0.337 e. The van der Waals surface area contributed by atoms with Crippen molar-refractivity contribution in [3.8, 4) is 10.6 Å². The maximum Gasteiger partial charge on any atom is 0.337 e. The Labute approximate surface area is 140 Å². The Hall–Kier alpha value is -2.03. The number of nitrogens with zero attached hydrogens (tertiary/aromatic N) is 3. The number of carbonyl (C=O) groups is 1. The van der Waals surface area contributed by atoms with Crippen LogP contribution in [0.1, 0.15) is 10.4 Å². The van der Waals surface area contributed by atoms with Gasteiger partial charge in [-0.1, -0.05) is 17.4 Å². The average molecular weight is 347 g/mol. The molecular formula is C15H13N3O3S2. The van der Waals surface area contributed by atoms with E-state index in [1.807, 2.05) is 17.5 Å². The second-order valence-electron chi connectivity index (χ2n) is 5.09. The highest BCUT2D eigenvalue weighted by molar-refractivity contribution is 7.22. The molecule has 23 heavy (non-hydrogen) atoms. The third-order valence-corrected chi connectivity index (χ3v) is 5.67. The van der Waals surface area contributed by atoms with E-state index in [0.717, 1.165) is 23.1 Å². The van der Waals surface area contributed by atoms with Gasteiger partial charge >= 0.3 is 5.97 Å². The lowest BCUT2D eigenvalue weighted by Crippen LogP contribution is -2.36. The van der Waals surface area contributed by atoms with Crippen molar-refractivity contribution in [3.63, 3.8) is 0 Å². The van der Waals surface area contributed by atoms with E-state index in [9.17, 15) is 9.90 Å². The van der Waals surface area contributed by atoms with E-state index in [-0.39, 0.29) is 5.56 Å². The highest BCUT2D eigenvalue weighted by Gasteiger charge is 2.21. The molecular weight excluding hydrogens is 334 g/mol. The van der Waals surface area contributed by atoms with Crippen molar-refractivity contribution in [1.29, 1.82) is 0 Å². The van der Waals surface area contributed by atoms with E-state index in [1.54, 1.807) is 6.07 Å². The molecule has 118 valence electrons. The van der Waals surface area contributed by atoms with Crippen LogP contribution in [0.3, 0.4) is 0 Å².